The highest BCUT2D eigenvalue weighted by Crippen LogP contribution is 2.13. The highest BCUT2D eigenvalue weighted by Gasteiger charge is 2.20. The van der Waals surface area contributed by atoms with Crippen molar-refractivity contribution in [2.75, 3.05) is 18.8 Å². The van der Waals surface area contributed by atoms with Crippen molar-refractivity contribution in [2.45, 2.75) is 11.8 Å². The molecule has 0 radical (unpaired) electrons. The Labute approximate surface area is 123 Å². The van der Waals surface area contributed by atoms with Crippen LogP contribution in [0.25, 0.3) is 0 Å². The molecule has 0 saturated heterocycles. The van der Waals surface area contributed by atoms with Crippen LogP contribution < -0.4 is 9.44 Å². The number of aromatic nitrogens is 1. The Morgan fingerprint density at radius 2 is 1.90 bits per heavy atom. The first kappa shape index (κ1) is 17.6. The molecule has 1 aromatic heterocycles. The average Bonchev–Trinajstić information content (AvgIpc) is 2.71. The molecule has 9 nitrogen and oxygen atoms in total. The monoisotopic (exact) mass is 339 g/mol. The Bertz CT molecular complexity index is 720. The van der Waals surface area contributed by atoms with E-state index in [1.807, 2.05) is 0 Å². The lowest BCUT2D eigenvalue weighted by Gasteiger charge is -2.06. The summed E-state index contributed by atoms with van der Waals surface area (Å²) >= 11 is 0. The minimum absolute atomic E-state index is 0.185. The first-order valence-corrected chi connectivity index (χ1v) is 9.09. The Kier molecular flexibility index (Phi) is 5.50. The Balaban J connectivity index is 2.79. The summed E-state index contributed by atoms with van der Waals surface area (Å²) < 4.78 is 52.1. The van der Waals surface area contributed by atoms with Crippen molar-refractivity contribution in [3.63, 3.8) is 0 Å². The number of hydrogen-bond donors (Lipinski definition) is 3. The molecule has 1 aromatic rings. The van der Waals surface area contributed by atoms with E-state index in [0.29, 0.717) is 0 Å². The normalized spacial score (nSPS) is 12.5. The maximum Gasteiger partial charge on any atom is 0.352 e. The van der Waals surface area contributed by atoms with Gasteiger partial charge in [-0.25, -0.2) is 31.1 Å². The number of nitrogens with one attached hydrogen (secondary N) is 2. The van der Waals surface area contributed by atoms with Gasteiger partial charge in [0.25, 0.3) is 0 Å². The minimum Gasteiger partial charge on any atom is -0.477 e. The molecule has 0 fully saturated rings. The molecular formula is C10H17N3O6S2. The van der Waals surface area contributed by atoms with Gasteiger partial charge in [-0.15, -0.1) is 0 Å². The van der Waals surface area contributed by atoms with Crippen molar-refractivity contribution < 1.29 is 26.7 Å². The van der Waals surface area contributed by atoms with Gasteiger partial charge in [-0.05, 0) is 6.07 Å². The first-order chi connectivity index (χ1) is 9.59. The second-order valence-electron chi connectivity index (χ2n) is 4.19. The van der Waals surface area contributed by atoms with Crippen LogP contribution in [0.2, 0.25) is 0 Å². The maximum absolute atomic E-state index is 11.9. The quantitative estimate of drug-likeness (QED) is 0.553. The van der Waals surface area contributed by atoms with Crippen LogP contribution in [0.15, 0.2) is 17.2 Å². The summed E-state index contributed by atoms with van der Waals surface area (Å²) in [6, 6.07) is 1.00. The summed E-state index contributed by atoms with van der Waals surface area (Å²) in [6.07, 6.45) is 1.14. The van der Waals surface area contributed by atoms with Gasteiger partial charge < -0.3 is 9.67 Å². The van der Waals surface area contributed by atoms with E-state index in [1.165, 1.54) is 7.05 Å². The summed E-state index contributed by atoms with van der Waals surface area (Å²) in [5, 5.41) is 8.86. The van der Waals surface area contributed by atoms with Crippen molar-refractivity contribution in [1.29, 1.82) is 0 Å². The number of aromatic carboxylic acids is 1. The summed E-state index contributed by atoms with van der Waals surface area (Å²) in [5.74, 6) is -1.66. The van der Waals surface area contributed by atoms with E-state index in [1.54, 1.807) is 6.92 Å². The summed E-state index contributed by atoms with van der Waals surface area (Å²) in [5.41, 5.74) is -0.185. The summed E-state index contributed by atoms with van der Waals surface area (Å²) in [7, 11) is -6.09. The van der Waals surface area contributed by atoms with Crippen LogP contribution in [-0.4, -0.2) is 51.3 Å². The van der Waals surface area contributed by atoms with Gasteiger partial charge in [0.05, 0.1) is 5.75 Å². The van der Waals surface area contributed by atoms with Gasteiger partial charge in [-0.3, -0.25) is 0 Å². The molecule has 1 rings (SSSR count). The van der Waals surface area contributed by atoms with E-state index in [2.05, 4.69) is 9.44 Å². The first-order valence-electron chi connectivity index (χ1n) is 5.95. The van der Waals surface area contributed by atoms with Crippen molar-refractivity contribution in [1.82, 2.24) is 14.0 Å². The van der Waals surface area contributed by atoms with Gasteiger partial charge in [-0.2, -0.15) is 0 Å². The number of carboxylic acids is 1. The lowest BCUT2D eigenvalue weighted by molar-refractivity contribution is 0.0686. The third kappa shape index (κ3) is 4.81. The molecule has 0 amide bonds. The Hall–Kier alpha value is -1.43. The van der Waals surface area contributed by atoms with E-state index >= 15 is 0 Å². The fourth-order valence-corrected chi connectivity index (χ4v) is 3.76. The molecule has 3 N–H and O–H groups in total. The lowest BCUT2D eigenvalue weighted by atomic mass is 10.4. The van der Waals surface area contributed by atoms with Crippen molar-refractivity contribution in [3.8, 4) is 0 Å². The summed E-state index contributed by atoms with van der Waals surface area (Å²) in [4.78, 5) is 10.6. The van der Waals surface area contributed by atoms with Gasteiger partial charge in [0.2, 0.25) is 20.0 Å². The predicted octanol–water partition coefficient (Wildman–Crippen LogP) is -1.06. The van der Waals surface area contributed by atoms with Crippen LogP contribution in [0, 0.1) is 0 Å². The fraction of sp³-hybridized carbons (Fsp3) is 0.500. The van der Waals surface area contributed by atoms with Gasteiger partial charge in [-0.1, -0.05) is 6.92 Å². The third-order valence-electron chi connectivity index (χ3n) is 2.54. The number of nitrogens with zero attached hydrogens (tertiary/aromatic N) is 1. The maximum atomic E-state index is 11.9. The second-order valence-corrected chi connectivity index (χ2v) is 7.89. The predicted molar refractivity (Wildman–Crippen MR) is 75.0 cm³/mol. The molecule has 21 heavy (non-hydrogen) atoms. The molecule has 1 heterocycles. The highest BCUT2D eigenvalue weighted by atomic mass is 32.2. The molecule has 0 bridgehead atoms. The van der Waals surface area contributed by atoms with Crippen LogP contribution in [0.3, 0.4) is 0 Å². The van der Waals surface area contributed by atoms with E-state index in [9.17, 15) is 21.6 Å². The van der Waals surface area contributed by atoms with E-state index < -0.39 is 31.8 Å². The smallest absolute Gasteiger partial charge is 0.352 e. The van der Waals surface area contributed by atoms with E-state index in [-0.39, 0.29) is 23.7 Å². The standard InChI is InChI=1S/C10H17N3O6S2/c1-3-11-20(16,17)5-4-12-21(18,19)8-6-9(10(14)15)13(2)7-8/h6-7,11-12H,3-5H2,1-2H3,(H,14,15). The van der Waals surface area contributed by atoms with Crippen LogP contribution in [0.4, 0.5) is 0 Å². The van der Waals surface area contributed by atoms with Crippen molar-refractivity contribution in [3.05, 3.63) is 18.0 Å². The van der Waals surface area contributed by atoms with Gasteiger partial charge in [0, 0.05) is 26.3 Å². The Morgan fingerprint density at radius 1 is 1.29 bits per heavy atom. The highest BCUT2D eigenvalue weighted by molar-refractivity contribution is 7.90. The number of sulfonamides is 2. The van der Waals surface area contributed by atoms with Crippen LogP contribution >= 0.6 is 0 Å². The van der Waals surface area contributed by atoms with Crippen molar-refractivity contribution >= 4 is 26.0 Å². The molecule has 120 valence electrons. The molecule has 0 saturated carbocycles. The zero-order valence-corrected chi connectivity index (χ0v) is 13.2. The molecule has 11 heteroatoms. The van der Waals surface area contributed by atoms with Gasteiger partial charge in [0.1, 0.15) is 10.6 Å². The fourth-order valence-electron chi connectivity index (χ4n) is 1.58. The molecule has 0 aliphatic rings. The minimum atomic E-state index is -3.96. The molecule has 0 spiro atoms. The average molecular weight is 339 g/mol. The van der Waals surface area contributed by atoms with Crippen LogP contribution in [0.5, 0.6) is 0 Å². The molecule has 0 aliphatic carbocycles. The number of hydrogen-bond acceptors (Lipinski definition) is 5. The van der Waals surface area contributed by atoms with Crippen LogP contribution in [0.1, 0.15) is 17.4 Å². The number of carbonyl (C=O) groups is 1. The molecule has 0 aromatic carbocycles. The lowest BCUT2D eigenvalue weighted by Crippen LogP contribution is -2.34. The number of aryl methyl sites for hydroxylation is 1. The molecule has 0 atom stereocenters. The number of rotatable bonds is 8. The number of carboxylic acid groups (broad SMARTS) is 1. The van der Waals surface area contributed by atoms with Crippen molar-refractivity contribution in [2.24, 2.45) is 7.05 Å². The van der Waals surface area contributed by atoms with E-state index in [4.69, 9.17) is 5.11 Å². The van der Waals surface area contributed by atoms with E-state index in [0.717, 1.165) is 16.8 Å². The molecular weight excluding hydrogens is 322 g/mol. The topological polar surface area (TPSA) is 135 Å². The zero-order valence-electron chi connectivity index (χ0n) is 11.5. The molecule has 0 unspecified atom stereocenters. The van der Waals surface area contributed by atoms with Gasteiger partial charge >= 0.3 is 5.97 Å². The third-order valence-corrected chi connectivity index (χ3v) is 5.43. The Morgan fingerprint density at radius 3 is 2.38 bits per heavy atom. The second kappa shape index (κ2) is 6.56. The SMILES string of the molecule is CCNS(=O)(=O)CCNS(=O)(=O)c1cc(C(=O)O)n(C)c1. The van der Waals surface area contributed by atoms with Gasteiger partial charge in [0.15, 0.2) is 0 Å². The zero-order chi connectivity index (χ0) is 16.3. The summed E-state index contributed by atoms with van der Waals surface area (Å²) in [6.45, 7) is 1.52. The van der Waals surface area contributed by atoms with Crippen LogP contribution in [-0.2, 0) is 27.1 Å². The molecule has 0 aliphatic heterocycles. The largest absolute Gasteiger partial charge is 0.477 e.